The van der Waals surface area contributed by atoms with E-state index in [4.69, 9.17) is 4.74 Å². The minimum absolute atomic E-state index is 0.388. The van der Waals surface area contributed by atoms with E-state index in [1.807, 2.05) is 68.0 Å². The van der Waals surface area contributed by atoms with Crippen LogP contribution < -0.4 is 0 Å². The highest BCUT2D eigenvalue weighted by Gasteiger charge is 2.19. The molecule has 0 atom stereocenters. The molecule has 0 fully saturated rings. The summed E-state index contributed by atoms with van der Waals surface area (Å²) >= 11 is 1.62. The lowest BCUT2D eigenvalue weighted by atomic mass is 10.1. The smallest absolute Gasteiger partial charge is 0.418 e. The molecule has 9 heteroatoms. The molecule has 8 nitrogen and oxygen atoms in total. The van der Waals surface area contributed by atoms with E-state index in [0.717, 1.165) is 31.9 Å². The molecule has 4 aromatic heterocycles. The van der Waals surface area contributed by atoms with Crippen LogP contribution >= 0.6 is 11.3 Å². The Morgan fingerprint density at radius 2 is 2.07 bits per heavy atom. The molecule has 1 aromatic carbocycles. The molecule has 30 heavy (non-hydrogen) atoms. The van der Waals surface area contributed by atoms with Gasteiger partial charge in [0.2, 0.25) is 0 Å². The van der Waals surface area contributed by atoms with Crippen molar-refractivity contribution < 1.29 is 9.53 Å². The number of carbonyl (C=O) groups excluding carboxylic acids is 1. The van der Waals surface area contributed by atoms with Crippen LogP contribution in [0.25, 0.3) is 26.3 Å². The van der Waals surface area contributed by atoms with Gasteiger partial charge in [0, 0.05) is 17.8 Å². The summed E-state index contributed by atoms with van der Waals surface area (Å²) < 4.78 is 10.8. The van der Waals surface area contributed by atoms with Crippen molar-refractivity contribution in [2.75, 3.05) is 0 Å². The molecule has 0 aliphatic rings. The van der Waals surface area contributed by atoms with Crippen LogP contribution in [0.1, 0.15) is 26.3 Å². The van der Waals surface area contributed by atoms with E-state index in [2.05, 4.69) is 15.3 Å². The predicted octanol–water partition coefficient (Wildman–Crippen LogP) is 4.44. The minimum Gasteiger partial charge on any atom is -0.443 e. The quantitative estimate of drug-likeness (QED) is 0.431. The monoisotopic (exact) mass is 420 g/mol. The van der Waals surface area contributed by atoms with Crippen LogP contribution in [0.15, 0.2) is 55.4 Å². The number of imidazole rings is 1. The largest absolute Gasteiger partial charge is 0.443 e. The molecule has 0 radical (unpaired) electrons. The van der Waals surface area contributed by atoms with Gasteiger partial charge in [-0.1, -0.05) is 17.3 Å². The Balaban J connectivity index is 1.40. The second kappa shape index (κ2) is 6.81. The maximum absolute atomic E-state index is 12.5. The molecular formula is C21H20N6O2S. The zero-order valence-corrected chi connectivity index (χ0v) is 17.6. The van der Waals surface area contributed by atoms with Crippen molar-refractivity contribution in [3.05, 3.63) is 60.9 Å². The first kappa shape index (κ1) is 18.6. The Morgan fingerprint density at radius 3 is 2.87 bits per heavy atom. The minimum atomic E-state index is -0.549. The molecule has 5 rings (SSSR count). The van der Waals surface area contributed by atoms with Crippen molar-refractivity contribution in [3.63, 3.8) is 0 Å². The third-order valence-corrected chi connectivity index (χ3v) is 5.64. The molecule has 152 valence electrons. The lowest BCUT2D eigenvalue weighted by molar-refractivity contribution is 0.0544. The maximum atomic E-state index is 12.5. The van der Waals surface area contributed by atoms with Gasteiger partial charge in [-0.15, -0.1) is 16.4 Å². The SMILES string of the molecule is CC(C)(C)OC(=O)n1ccc2ccc(Cn3cc(-c4cn5cncc5s4)nn3)cc21. The number of hydrogen-bond donors (Lipinski definition) is 0. The van der Waals surface area contributed by atoms with E-state index in [1.165, 1.54) is 0 Å². The standard InChI is InChI=1S/C21H20N6O2S/c1-21(2,3)29-20(28)27-7-6-15-5-4-14(8-17(15)27)10-26-11-16(23-24-26)18-12-25-13-22-9-19(25)30-18/h4-9,11-13H,10H2,1-3H3. The van der Waals surface area contributed by atoms with Crippen molar-refractivity contribution in [3.8, 4) is 10.6 Å². The average molecular weight is 420 g/mol. The van der Waals surface area contributed by atoms with Gasteiger partial charge in [0.25, 0.3) is 0 Å². The summed E-state index contributed by atoms with van der Waals surface area (Å²) in [5.74, 6) is 0. The van der Waals surface area contributed by atoms with Crippen molar-refractivity contribution in [2.45, 2.75) is 32.9 Å². The topological polar surface area (TPSA) is 79.2 Å². The van der Waals surface area contributed by atoms with Gasteiger partial charge in [-0.3, -0.25) is 8.97 Å². The van der Waals surface area contributed by atoms with Crippen LogP contribution in [-0.2, 0) is 11.3 Å². The molecule has 0 unspecified atom stereocenters. The van der Waals surface area contributed by atoms with Crippen LogP contribution in [0.4, 0.5) is 4.79 Å². The Morgan fingerprint density at radius 1 is 1.20 bits per heavy atom. The van der Waals surface area contributed by atoms with Crippen molar-refractivity contribution in [1.29, 1.82) is 0 Å². The van der Waals surface area contributed by atoms with Crippen LogP contribution in [-0.4, -0.2) is 40.6 Å². The summed E-state index contributed by atoms with van der Waals surface area (Å²) in [6, 6.07) is 7.93. The maximum Gasteiger partial charge on any atom is 0.418 e. The zero-order chi connectivity index (χ0) is 20.9. The average Bonchev–Trinajstić information content (AvgIpc) is 3.42. The fraction of sp³-hybridized carbons (Fsp3) is 0.238. The molecule has 5 aromatic rings. The van der Waals surface area contributed by atoms with Gasteiger partial charge < -0.3 is 4.74 Å². The van der Waals surface area contributed by atoms with Crippen molar-refractivity contribution in [1.82, 2.24) is 28.9 Å². The molecule has 4 heterocycles. The summed E-state index contributed by atoms with van der Waals surface area (Å²) in [7, 11) is 0. The summed E-state index contributed by atoms with van der Waals surface area (Å²) in [4.78, 5) is 18.7. The number of thiazole rings is 1. The number of carbonyl (C=O) groups is 1. The van der Waals surface area contributed by atoms with E-state index in [1.54, 1.807) is 33.1 Å². The van der Waals surface area contributed by atoms with Crippen LogP contribution in [0, 0.1) is 0 Å². The zero-order valence-electron chi connectivity index (χ0n) is 16.8. The summed E-state index contributed by atoms with van der Waals surface area (Å²) in [6.07, 6.45) is 8.88. The van der Waals surface area contributed by atoms with Crippen LogP contribution in [0.5, 0.6) is 0 Å². The number of ether oxygens (including phenoxy) is 1. The molecule has 0 saturated carbocycles. The predicted molar refractivity (Wildman–Crippen MR) is 115 cm³/mol. The first-order valence-electron chi connectivity index (χ1n) is 9.51. The molecule has 0 aliphatic carbocycles. The summed E-state index contributed by atoms with van der Waals surface area (Å²) in [5.41, 5.74) is 2.10. The van der Waals surface area contributed by atoms with Gasteiger partial charge in [0.15, 0.2) is 0 Å². The third-order valence-electron chi connectivity index (χ3n) is 4.58. The van der Waals surface area contributed by atoms with E-state index in [0.29, 0.717) is 6.54 Å². The van der Waals surface area contributed by atoms with Gasteiger partial charge in [-0.05, 0) is 38.5 Å². The molecule has 0 aliphatic heterocycles. The normalized spacial score (nSPS) is 12.1. The first-order chi connectivity index (χ1) is 14.4. The van der Waals surface area contributed by atoms with Crippen LogP contribution in [0.3, 0.4) is 0 Å². The number of aromatic nitrogens is 6. The molecule has 0 spiro atoms. The van der Waals surface area contributed by atoms with Crippen molar-refractivity contribution in [2.24, 2.45) is 0 Å². The highest BCUT2D eigenvalue weighted by molar-refractivity contribution is 7.20. The second-order valence-electron chi connectivity index (χ2n) is 8.10. The van der Waals surface area contributed by atoms with Crippen molar-refractivity contribution >= 4 is 33.2 Å². The van der Waals surface area contributed by atoms with Gasteiger partial charge in [0.05, 0.1) is 35.7 Å². The molecule has 0 bridgehead atoms. The number of benzene rings is 1. The van der Waals surface area contributed by atoms with E-state index in [9.17, 15) is 4.79 Å². The van der Waals surface area contributed by atoms with Gasteiger partial charge in [-0.25, -0.2) is 14.5 Å². The van der Waals surface area contributed by atoms with Crippen LogP contribution in [0.2, 0.25) is 0 Å². The Hall–Kier alpha value is -3.46. The first-order valence-corrected chi connectivity index (χ1v) is 10.3. The second-order valence-corrected chi connectivity index (χ2v) is 9.16. The Bertz CT molecular complexity index is 1340. The van der Waals surface area contributed by atoms with E-state index < -0.39 is 5.60 Å². The van der Waals surface area contributed by atoms with E-state index in [-0.39, 0.29) is 6.09 Å². The lowest BCUT2D eigenvalue weighted by Crippen LogP contribution is -2.26. The van der Waals surface area contributed by atoms with Gasteiger partial charge in [0.1, 0.15) is 16.1 Å². The summed E-state index contributed by atoms with van der Waals surface area (Å²) in [5, 5.41) is 9.55. The van der Waals surface area contributed by atoms with E-state index >= 15 is 0 Å². The van der Waals surface area contributed by atoms with Gasteiger partial charge in [-0.2, -0.15) is 0 Å². The number of hydrogen-bond acceptors (Lipinski definition) is 6. The molecule has 0 amide bonds. The fourth-order valence-electron chi connectivity index (χ4n) is 3.27. The number of fused-ring (bicyclic) bond motifs is 2. The number of rotatable bonds is 3. The number of nitrogens with zero attached hydrogens (tertiary/aromatic N) is 6. The highest BCUT2D eigenvalue weighted by Crippen LogP contribution is 2.27. The fourth-order valence-corrected chi connectivity index (χ4v) is 4.18. The highest BCUT2D eigenvalue weighted by atomic mass is 32.1. The third kappa shape index (κ3) is 3.48. The summed E-state index contributed by atoms with van der Waals surface area (Å²) in [6.45, 7) is 6.12. The molecule has 0 N–H and O–H groups in total. The Labute approximate surface area is 176 Å². The van der Waals surface area contributed by atoms with Gasteiger partial charge >= 0.3 is 6.09 Å². The Kier molecular flexibility index (Phi) is 4.21. The lowest BCUT2D eigenvalue weighted by Gasteiger charge is -2.19. The molecule has 0 saturated heterocycles. The molecular weight excluding hydrogens is 400 g/mol.